The van der Waals surface area contributed by atoms with Crippen molar-refractivity contribution in [3.63, 3.8) is 0 Å². The Labute approximate surface area is 651 Å². The lowest BCUT2D eigenvalue weighted by atomic mass is 9.93. The summed E-state index contributed by atoms with van der Waals surface area (Å²) < 4.78 is 27.4. The van der Waals surface area contributed by atoms with E-state index in [1.807, 2.05) is 115 Å². The molecule has 0 saturated carbocycles. The van der Waals surface area contributed by atoms with Gasteiger partial charge in [-0.05, 0) is 193 Å². The quantitative estimate of drug-likeness (QED) is 0.115. The highest BCUT2D eigenvalue weighted by atomic mass is 79.9. The van der Waals surface area contributed by atoms with Crippen LogP contribution in [0.15, 0.2) is 405 Å². The molecule has 0 saturated heterocycles. The maximum Gasteiger partial charge on any atom is 0.195 e. The normalized spacial score (nSPS) is 11.2. The number of nitrogens with one attached hydrogen (secondary N) is 1. The number of hydrogen-bond donors (Lipinski definition) is 1. The van der Waals surface area contributed by atoms with E-state index in [-0.39, 0.29) is 15.8 Å². The zero-order valence-electron chi connectivity index (χ0n) is 58.5. The van der Waals surface area contributed by atoms with Gasteiger partial charge in [-0.15, -0.1) is 0 Å². The van der Waals surface area contributed by atoms with Crippen molar-refractivity contribution in [2.75, 3.05) is 15.1 Å². The summed E-state index contributed by atoms with van der Waals surface area (Å²) in [7, 11) is 0. The van der Waals surface area contributed by atoms with Gasteiger partial charge in [0.15, 0.2) is 46.0 Å². The molecule has 3 radical (unpaired) electrons. The Kier molecular flexibility index (Phi) is 21.3. The minimum Gasteiger partial charge on any atom is -0.449 e. The molecule has 0 fully saturated rings. The lowest BCUT2D eigenvalue weighted by Gasteiger charge is -2.33. The molecule has 17 aromatic carbocycles. The number of ether oxygens (including phenoxy) is 4. The summed E-state index contributed by atoms with van der Waals surface area (Å²) in [4.78, 5) is 4.59. The minimum absolute atomic E-state index is 0. The van der Waals surface area contributed by atoms with Crippen LogP contribution in [0.3, 0.4) is 0 Å². The van der Waals surface area contributed by atoms with E-state index >= 15 is 0 Å². The first-order chi connectivity index (χ1) is 52.9. The van der Waals surface area contributed by atoms with Crippen molar-refractivity contribution in [3.05, 3.63) is 410 Å². The highest BCUT2D eigenvalue weighted by Gasteiger charge is 2.33. The van der Waals surface area contributed by atoms with Crippen molar-refractivity contribution in [1.29, 1.82) is 0 Å². The van der Waals surface area contributed by atoms with Gasteiger partial charge >= 0.3 is 0 Å². The van der Waals surface area contributed by atoms with Crippen LogP contribution in [0.4, 0.5) is 45.5 Å². The third kappa shape index (κ3) is 15.0. The summed E-state index contributed by atoms with van der Waals surface area (Å²) in [6, 6.07) is 138. The third-order valence-corrected chi connectivity index (χ3v) is 20.1. The van der Waals surface area contributed by atoms with Crippen molar-refractivity contribution in [2.24, 2.45) is 0 Å². The van der Waals surface area contributed by atoms with Crippen molar-refractivity contribution < 1.29 is 18.9 Å². The molecule has 0 atom stereocenters. The Balaban J connectivity index is 0.000000163. The summed E-state index contributed by atoms with van der Waals surface area (Å²) in [5.41, 5.74) is 19.5. The number of para-hydroxylation sites is 7. The summed E-state index contributed by atoms with van der Waals surface area (Å²) in [5.74, 6) is 5.47. The van der Waals surface area contributed by atoms with Crippen LogP contribution in [0.5, 0.6) is 46.0 Å². The zero-order chi connectivity index (χ0) is 71.8. The number of hydrogen-bond acceptors (Lipinski definition) is 7. The second-order valence-electron chi connectivity index (χ2n) is 25.8. The van der Waals surface area contributed by atoms with Crippen LogP contribution in [-0.4, -0.2) is 8.41 Å². The van der Waals surface area contributed by atoms with Gasteiger partial charge in [0.1, 0.15) is 5.69 Å². The average Bonchev–Trinajstić information content (AvgIpc) is 0.728. The molecule has 0 aliphatic carbocycles. The maximum atomic E-state index is 7.04. The zero-order valence-corrected chi connectivity index (χ0v) is 60.8. The molecule has 10 heteroatoms. The molecule has 0 bridgehead atoms. The predicted molar refractivity (Wildman–Crippen MR) is 459 cm³/mol. The molecular formula is C99H71BBrClN3O4. The third-order valence-electron chi connectivity index (χ3n) is 19.0. The van der Waals surface area contributed by atoms with Crippen LogP contribution in [0, 0.1) is 0 Å². The molecule has 0 spiro atoms. The second-order valence-corrected chi connectivity index (χ2v) is 27.0. The molecule has 523 valence electrons. The monoisotopic (exact) mass is 1490 g/mol. The van der Waals surface area contributed by atoms with Gasteiger partial charge in [-0.3, -0.25) is 0 Å². The smallest absolute Gasteiger partial charge is 0.195 e. The second kappa shape index (κ2) is 32.6. The van der Waals surface area contributed by atoms with E-state index in [4.69, 9.17) is 30.5 Å². The molecule has 2 heterocycles. The Hall–Kier alpha value is -13.3. The van der Waals surface area contributed by atoms with Gasteiger partial charge in [-0.2, -0.15) is 0 Å². The van der Waals surface area contributed by atoms with Crippen LogP contribution in [0.25, 0.3) is 77.2 Å². The van der Waals surface area contributed by atoms with Crippen molar-refractivity contribution in [2.45, 2.75) is 7.43 Å². The summed E-state index contributed by atoms with van der Waals surface area (Å²) in [5, 5.41) is 8.33. The number of benzene rings is 17. The number of fused-ring (bicyclic) bond motifs is 6. The number of nitrogens with zero attached hydrogens (tertiary/aromatic N) is 2. The standard InChI is InChI=1S/C58H40N2O2.C22H12BrClO2.C18H15N.CH4.B/c1-5-17-41(18-6-1)43-29-35-48(36-30-43)59(46-21-9-3-10-22-46)49-39-33-45(34-40-49)55-51-25-13-14-26-52(51)56(58-57(55)61-53-27-15-16-28-54(53)62-58)60(47-23-11-4-12-24-47)50-37-31-44(32-38-50)42-19-7-2-8-20-42;23-20-16-6-2-1-5-15(16)19(13-9-11-14(24)12-10-13)21-22(20)26-18-8-4-3-7-17(18)25-21;1-3-7-15(8-4-1)16-11-13-18(14-12-16)19-17-9-5-2-6-10-17;;/h1-40H;1-12H;1-14,19H;1H4;. The topological polar surface area (TPSA) is 55.4 Å². The fourth-order valence-corrected chi connectivity index (χ4v) is 14.6. The Bertz CT molecular complexity index is 5950. The predicted octanol–water partition coefficient (Wildman–Crippen LogP) is 29.9. The van der Waals surface area contributed by atoms with Gasteiger partial charge in [-0.1, -0.05) is 298 Å². The van der Waals surface area contributed by atoms with Crippen molar-refractivity contribution >= 4 is 103 Å². The average molecular weight is 1490 g/mol. The van der Waals surface area contributed by atoms with Gasteiger partial charge in [0.05, 0.1) is 4.47 Å². The van der Waals surface area contributed by atoms with E-state index in [0.29, 0.717) is 51.0 Å². The largest absolute Gasteiger partial charge is 0.449 e. The van der Waals surface area contributed by atoms with Crippen LogP contribution >= 0.6 is 27.5 Å². The van der Waals surface area contributed by atoms with Crippen molar-refractivity contribution in [1.82, 2.24) is 0 Å². The first kappa shape index (κ1) is 71.3. The first-order valence-electron chi connectivity index (χ1n) is 35.5. The van der Waals surface area contributed by atoms with Gasteiger partial charge in [0.2, 0.25) is 0 Å². The molecule has 19 rings (SSSR count). The summed E-state index contributed by atoms with van der Waals surface area (Å²) >= 11 is 9.80. The number of rotatable bonds is 13. The Morgan fingerprint density at radius 3 is 0.954 bits per heavy atom. The minimum atomic E-state index is 0. The Morgan fingerprint density at radius 2 is 0.514 bits per heavy atom. The molecule has 0 unspecified atom stereocenters. The molecule has 2 aliphatic heterocycles. The molecule has 2 aliphatic rings. The lowest BCUT2D eigenvalue weighted by Crippen LogP contribution is -2.14. The lowest BCUT2D eigenvalue weighted by molar-refractivity contribution is 0.360. The first-order valence-corrected chi connectivity index (χ1v) is 36.7. The fourth-order valence-electron chi connectivity index (χ4n) is 13.9. The van der Waals surface area contributed by atoms with E-state index in [1.165, 1.54) is 27.8 Å². The van der Waals surface area contributed by atoms with Gasteiger partial charge in [-0.25, -0.2) is 0 Å². The van der Waals surface area contributed by atoms with Crippen LogP contribution in [0.1, 0.15) is 7.43 Å². The molecule has 0 aromatic heterocycles. The molecule has 17 aromatic rings. The van der Waals surface area contributed by atoms with Crippen LogP contribution in [0.2, 0.25) is 5.02 Å². The molecule has 109 heavy (non-hydrogen) atoms. The SMILES string of the molecule is C.Clc1ccc(-c2c3c(c(Br)c4ccccc24)Oc2ccccc2O3)cc1.[B].c1ccc(-c2ccc(N(c3ccccc3)c3ccc(-c4c5c(c(N(c6ccccc6)c6ccc(-c7ccccc7)cc6)c6ccccc46)Oc4ccccc4O5)cc3)cc2)cc1.c1ccc(Nc2ccc(-c3ccccc3)cc2)cc1. The summed E-state index contributed by atoms with van der Waals surface area (Å²) in [6.07, 6.45) is 0. The molecule has 0 amide bonds. The van der Waals surface area contributed by atoms with Gasteiger partial charge in [0.25, 0.3) is 0 Å². The van der Waals surface area contributed by atoms with E-state index < -0.39 is 0 Å². The highest BCUT2D eigenvalue weighted by Crippen LogP contribution is 2.61. The molecule has 1 N–H and O–H groups in total. The van der Waals surface area contributed by atoms with E-state index in [2.05, 4.69) is 316 Å². The van der Waals surface area contributed by atoms with E-state index in [0.717, 1.165) is 99.3 Å². The van der Waals surface area contributed by atoms with Crippen molar-refractivity contribution in [3.8, 4) is 102 Å². The molecule has 7 nitrogen and oxygen atoms in total. The van der Waals surface area contributed by atoms with E-state index in [1.54, 1.807) is 0 Å². The summed E-state index contributed by atoms with van der Waals surface area (Å²) in [6.45, 7) is 0. The number of halogens is 2. The fraction of sp³-hybridized carbons (Fsp3) is 0.0101. The Morgan fingerprint density at radius 1 is 0.239 bits per heavy atom. The maximum absolute atomic E-state index is 7.04. The van der Waals surface area contributed by atoms with Crippen LogP contribution in [-0.2, 0) is 0 Å². The van der Waals surface area contributed by atoms with Crippen LogP contribution < -0.4 is 34.1 Å². The highest BCUT2D eigenvalue weighted by molar-refractivity contribution is 9.10. The van der Waals surface area contributed by atoms with Gasteiger partial charge in [0, 0.05) is 75.1 Å². The van der Waals surface area contributed by atoms with Gasteiger partial charge < -0.3 is 34.1 Å². The number of anilines is 8. The van der Waals surface area contributed by atoms with E-state index in [9.17, 15) is 0 Å². The molecular weight excluding hydrogens is 1420 g/mol.